The number of aliphatic hydroxyl groups excluding tert-OH is 2. The molecule has 2 spiro atoms. The molecule has 9 unspecified atom stereocenters. The smallest absolute Gasteiger partial charge is 0.303 e. The number of ether oxygens (including phenoxy) is 4. The van der Waals surface area contributed by atoms with Gasteiger partial charge < -0.3 is 34.3 Å². The number of nitrogens with zero attached hydrogens (tertiary/aromatic N) is 1. The average molecular weight is 706 g/mol. The lowest BCUT2D eigenvalue weighted by molar-refractivity contribution is -0.254. The van der Waals surface area contributed by atoms with E-state index in [2.05, 4.69) is 53.4 Å². The maximum atomic E-state index is 12.2. The van der Waals surface area contributed by atoms with Gasteiger partial charge in [0, 0.05) is 31.5 Å². The van der Waals surface area contributed by atoms with E-state index in [1.54, 1.807) is 21.0 Å². The highest BCUT2D eigenvalue weighted by molar-refractivity contribution is 5.66. The number of carbonyl (C=O) groups excluding carboxylic acids is 1. The fraction of sp³-hybridized carbons (Fsp3) is 0.976. The van der Waals surface area contributed by atoms with Crippen LogP contribution < -0.4 is 0 Å². The molecule has 13 atom stereocenters. The van der Waals surface area contributed by atoms with Gasteiger partial charge in [0.05, 0.1) is 43.7 Å². The maximum Gasteiger partial charge on any atom is 0.303 e. The molecule has 9 nitrogen and oxygen atoms in total. The van der Waals surface area contributed by atoms with Crippen molar-refractivity contribution in [2.75, 3.05) is 33.4 Å². The van der Waals surface area contributed by atoms with Gasteiger partial charge in [0.1, 0.15) is 0 Å². The van der Waals surface area contributed by atoms with Crippen LogP contribution in [-0.4, -0.2) is 101 Å². The second-order valence-corrected chi connectivity index (χ2v) is 20.1. The molecule has 6 aliphatic rings. The Kier molecular flexibility index (Phi) is 10.0. The monoisotopic (exact) mass is 706 g/mol. The molecule has 288 valence electrons. The number of aliphatic hydroxyl groups is 3. The van der Waals surface area contributed by atoms with Crippen molar-refractivity contribution in [3.05, 3.63) is 0 Å². The van der Waals surface area contributed by atoms with E-state index >= 15 is 0 Å². The highest BCUT2D eigenvalue weighted by Gasteiger charge is 2.83. The van der Waals surface area contributed by atoms with Gasteiger partial charge in [-0.25, -0.2) is 0 Å². The van der Waals surface area contributed by atoms with E-state index in [0.29, 0.717) is 42.7 Å². The molecule has 6 rings (SSSR count). The van der Waals surface area contributed by atoms with Crippen LogP contribution in [0.15, 0.2) is 0 Å². The molecule has 6 fully saturated rings. The number of morpholine rings is 1. The van der Waals surface area contributed by atoms with Crippen molar-refractivity contribution in [1.29, 1.82) is 0 Å². The summed E-state index contributed by atoms with van der Waals surface area (Å²) in [6, 6.07) is 0. The van der Waals surface area contributed by atoms with Crippen molar-refractivity contribution in [1.82, 2.24) is 4.90 Å². The molecular weight excluding hydrogens is 634 g/mol. The minimum Gasteiger partial charge on any atom is -0.457 e. The predicted molar refractivity (Wildman–Crippen MR) is 192 cm³/mol. The molecule has 0 aromatic carbocycles. The molecule has 0 aromatic rings. The molecule has 5 aliphatic carbocycles. The lowest BCUT2D eigenvalue weighted by Crippen LogP contribution is -2.60. The van der Waals surface area contributed by atoms with Crippen molar-refractivity contribution >= 4 is 5.97 Å². The molecule has 50 heavy (non-hydrogen) atoms. The van der Waals surface area contributed by atoms with E-state index in [0.717, 1.165) is 32.2 Å². The summed E-state index contributed by atoms with van der Waals surface area (Å²) in [5.41, 5.74) is -1.12. The summed E-state index contributed by atoms with van der Waals surface area (Å²) in [6.45, 7) is 23.2. The van der Waals surface area contributed by atoms with Crippen molar-refractivity contribution < 1.29 is 39.1 Å². The largest absolute Gasteiger partial charge is 0.457 e. The highest BCUT2D eigenvalue weighted by atomic mass is 16.7. The normalized spacial score (nSPS) is 44.6. The predicted octanol–water partition coefficient (Wildman–Crippen LogP) is 5.95. The van der Waals surface area contributed by atoms with Gasteiger partial charge in [0.2, 0.25) is 0 Å². The van der Waals surface area contributed by atoms with Gasteiger partial charge in [0.25, 0.3) is 0 Å². The average Bonchev–Trinajstić information content (AvgIpc) is 3.66. The van der Waals surface area contributed by atoms with E-state index in [9.17, 15) is 20.1 Å². The summed E-state index contributed by atoms with van der Waals surface area (Å²) in [6.07, 6.45) is 7.89. The second kappa shape index (κ2) is 12.9. The molecular formula is C41H71NO8. The zero-order valence-electron chi connectivity index (χ0n) is 33.2. The summed E-state index contributed by atoms with van der Waals surface area (Å²) >= 11 is 0. The number of hydrogen-bond acceptors (Lipinski definition) is 9. The van der Waals surface area contributed by atoms with Crippen LogP contribution in [0.4, 0.5) is 0 Å². The molecule has 3 N–H and O–H groups in total. The molecule has 0 amide bonds. The van der Waals surface area contributed by atoms with Crippen LogP contribution in [0.2, 0.25) is 0 Å². The van der Waals surface area contributed by atoms with Crippen LogP contribution in [0.5, 0.6) is 0 Å². The van der Waals surface area contributed by atoms with E-state index in [4.69, 9.17) is 18.9 Å². The minimum atomic E-state index is -1.24. The maximum absolute atomic E-state index is 12.2. The van der Waals surface area contributed by atoms with Gasteiger partial charge in [0.15, 0.2) is 12.4 Å². The van der Waals surface area contributed by atoms with E-state index in [1.165, 1.54) is 32.6 Å². The molecule has 0 bridgehead atoms. The van der Waals surface area contributed by atoms with Crippen LogP contribution >= 0.6 is 0 Å². The van der Waals surface area contributed by atoms with Gasteiger partial charge in [-0.15, -0.1) is 0 Å². The van der Waals surface area contributed by atoms with E-state index in [-0.39, 0.29) is 58.2 Å². The van der Waals surface area contributed by atoms with Crippen molar-refractivity contribution in [3.8, 4) is 0 Å². The highest BCUT2D eigenvalue weighted by Crippen LogP contribution is 2.89. The van der Waals surface area contributed by atoms with Gasteiger partial charge in [-0.3, -0.25) is 9.69 Å². The summed E-state index contributed by atoms with van der Waals surface area (Å²) in [7, 11) is 1.64. The number of fused-ring (bicyclic) bond motifs is 2. The van der Waals surface area contributed by atoms with E-state index < -0.39 is 23.8 Å². The fourth-order valence-electron chi connectivity index (χ4n) is 13.8. The Morgan fingerprint density at radius 3 is 2.30 bits per heavy atom. The molecule has 1 heterocycles. The molecule has 9 heteroatoms. The Bertz CT molecular complexity index is 1270. The van der Waals surface area contributed by atoms with Crippen LogP contribution in [0.25, 0.3) is 0 Å². The first-order chi connectivity index (χ1) is 23.1. The number of carbonyl (C=O) groups is 1. The van der Waals surface area contributed by atoms with Crippen LogP contribution in [-0.2, 0) is 23.7 Å². The lowest BCUT2D eigenvalue weighted by atomic mass is 9.41. The third-order valence-electron chi connectivity index (χ3n) is 16.7. The van der Waals surface area contributed by atoms with Crippen LogP contribution in [0.3, 0.4) is 0 Å². The van der Waals surface area contributed by atoms with Gasteiger partial charge in [-0.1, -0.05) is 34.6 Å². The second-order valence-electron chi connectivity index (χ2n) is 20.1. The zero-order chi connectivity index (χ0) is 36.9. The Labute approximate surface area is 302 Å². The zero-order valence-corrected chi connectivity index (χ0v) is 33.2. The Hall–Kier alpha value is -0.810. The number of esters is 1. The van der Waals surface area contributed by atoms with Crippen LogP contribution in [0.1, 0.15) is 127 Å². The lowest BCUT2D eigenvalue weighted by Gasteiger charge is -2.64. The van der Waals surface area contributed by atoms with Gasteiger partial charge >= 0.3 is 5.97 Å². The third-order valence-corrected chi connectivity index (χ3v) is 16.7. The first-order valence-electron chi connectivity index (χ1n) is 19.9. The van der Waals surface area contributed by atoms with Crippen molar-refractivity contribution in [3.63, 3.8) is 0 Å². The molecule has 0 radical (unpaired) electrons. The standard InChI is InChI=1S/C41H71NO8/c1-25(20-28(47-11)34(37(7,8)46)49-26(2)44)27-21-31(45)39(10)30-13-12-29-36(5,6)32(50-33-22-42(18-19-48-33)35(3,4)24-43)14-15-40(29)23-41(30,40)17-16-38(27,39)9/h25,27-34,43,45-46H,12-24H2,1-11H3/t25-,27?,28?,29+,30?,31+,32?,33?,34?,38?,39-,40?,41?/m1/s1. The molecule has 1 aliphatic heterocycles. The first-order valence-corrected chi connectivity index (χ1v) is 19.9. The van der Waals surface area contributed by atoms with Gasteiger partial charge in [-0.2, -0.15) is 0 Å². The van der Waals surface area contributed by atoms with Gasteiger partial charge in [-0.05, 0) is 131 Å². The Balaban J connectivity index is 1.19. The Morgan fingerprint density at radius 2 is 1.68 bits per heavy atom. The molecule has 0 aromatic heterocycles. The third kappa shape index (κ3) is 5.76. The Morgan fingerprint density at radius 1 is 1.02 bits per heavy atom. The summed E-state index contributed by atoms with van der Waals surface area (Å²) in [5.74, 6) is 1.17. The molecule has 1 saturated heterocycles. The summed E-state index contributed by atoms with van der Waals surface area (Å²) in [5, 5.41) is 33.2. The van der Waals surface area contributed by atoms with E-state index in [1.807, 2.05) is 0 Å². The quantitative estimate of drug-likeness (QED) is 0.224. The first kappa shape index (κ1) is 38.9. The number of rotatable bonds is 11. The summed E-state index contributed by atoms with van der Waals surface area (Å²) < 4.78 is 24.6. The minimum absolute atomic E-state index is 0.0198. The van der Waals surface area contributed by atoms with Crippen molar-refractivity contribution in [2.45, 2.75) is 169 Å². The van der Waals surface area contributed by atoms with Crippen molar-refractivity contribution in [2.24, 2.45) is 50.7 Å². The SMILES string of the molecule is COC(C[C@@H](C)C1C[C@H](O)[C@@]2(C)C3CC[C@H]4C(C)(C)C(OC5CN(C(C)(C)CO)CCO5)CCC45CC35CCC12C)C(OC(C)=O)C(C)(C)O. The fourth-order valence-corrected chi connectivity index (χ4v) is 13.8. The topological polar surface area (TPSA) is 118 Å². The number of hydrogen-bond donors (Lipinski definition) is 3. The number of methoxy groups -OCH3 is 1. The van der Waals surface area contributed by atoms with Crippen LogP contribution in [0, 0.1) is 50.7 Å². The summed E-state index contributed by atoms with van der Waals surface area (Å²) in [4.78, 5) is 14.3. The molecule has 5 saturated carbocycles.